The molecule has 1 saturated heterocycles. The van der Waals surface area contributed by atoms with E-state index in [1.807, 2.05) is 12.1 Å². The zero-order valence-corrected chi connectivity index (χ0v) is 14.9. The Labute approximate surface area is 140 Å². The van der Waals surface area contributed by atoms with Gasteiger partial charge in [-0.05, 0) is 45.6 Å². The summed E-state index contributed by atoms with van der Waals surface area (Å²) in [5, 5.41) is 0. The van der Waals surface area contributed by atoms with Gasteiger partial charge in [0.2, 0.25) is 0 Å². The van der Waals surface area contributed by atoms with Crippen molar-refractivity contribution in [1.29, 1.82) is 0 Å². The molecule has 3 rings (SSSR count). The Hall–Kier alpha value is -1.50. The van der Waals surface area contributed by atoms with Crippen LogP contribution in [-0.4, -0.2) is 31.8 Å². The summed E-state index contributed by atoms with van der Waals surface area (Å²) in [7, 11) is 4.23. The molecule has 3 nitrogen and oxygen atoms in total. The number of benzene rings is 1. The Balaban J connectivity index is 1.90. The Morgan fingerprint density at radius 3 is 2.70 bits per heavy atom. The van der Waals surface area contributed by atoms with Crippen LogP contribution in [0, 0.1) is 17.8 Å². The first kappa shape index (κ1) is 16.4. The fraction of sp³-hybridized carbons (Fsp3) is 0.600. The van der Waals surface area contributed by atoms with Crippen LogP contribution in [0.2, 0.25) is 0 Å². The largest absolute Gasteiger partial charge is 0.487 e. The van der Waals surface area contributed by atoms with Gasteiger partial charge in [0.25, 0.3) is 0 Å². The third-order valence-corrected chi connectivity index (χ3v) is 4.97. The minimum atomic E-state index is -0.364. The number of rotatable bonds is 1. The molecule has 124 valence electrons. The molecule has 2 aliphatic heterocycles. The molecule has 1 aromatic carbocycles. The quantitative estimate of drug-likeness (QED) is 0.804. The van der Waals surface area contributed by atoms with Crippen molar-refractivity contribution in [1.82, 2.24) is 0 Å². The van der Waals surface area contributed by atoms with Gasteiger partial charge in [-0.3, -0.25) is 0 Å². The van der Waals surface area contributed by atoms with E-state index >= 15 is 0 Å². The van der Waals surface area contributed by atoms with Gasteiger partial charge in [0.05, 0.1) is 20.2 Å². The van der Waals surface area contributed by atoms with E-state index in [2.05, 4.69) is 58.8 Å². The maximum atomic E-state index is 6.56. The van der Waals surface area contributed by atoms with E-state index in [1.165, 1.54) is 10.5 Å². The van der Waals surface area contributed by atoms with Gasteiger partial charge in [-0.25, -0.2) is 0 Å². The second-order valence-electron chi connectivity index (χ2n) is 7.84. The zero-order chi connectivity index (χ0) is 16.7. The molecule has 2 aliphatic rings. The van der Waals surface area contributed by atoms with Crippen LogP contribution < -0.4 is 9.64 Å². The standard InChI is InChI=1S/C20H27NO2/c1-19(2)16-11-13-20(3,12-8-14-21(4)5)23-18(16)15-9-6-7-10-17(15)22-19/h6-7,9-10,16,18H,11,13-14H2,1-5H3/p+1/t16-,18-,20-/m0/s1. The maximum absolute atomic E-state index is 6.56. The molecule has 3 heteroatoms. The predicted molar refractivity (Wildman–Crippen MR) is 91.6 cm³/mol. The molecular formula is C20H28NO2+. The summed E-state index contributed by atoms with van der Waals surface area (Å²) in [4.78, 5) is 1.34. The summed E-state index contributed by atoms with van der Waals surface area (Å²) in [6.07, 6.45) is 2.10. The van der Waals surface area contributed by atoms with Crippen molar-refractivity contribution in [2.75, 3.05) is 20.6 Å². The first-order valence-electron chi connectivity index (χ1n) is 8.56. The van der Waals surface area contributed by atoms with Crippen LogP contribution in [0.15, 0.2) is 24.3 Å². The number of quaternary nitrogens is 1. The van der Waals surface area contributed by atoms with Crippen molar-refractivity contribution in [3.8, 4) is 17.6 Å². The molecule has 0 aromatic heterocycles. The molecule has 0 unspecified atom stereocenters. The predicted octanol–water partition coefficient (Wildman–Crippen LogP) is 2.23. The van der Waals surface area contributed by atoms with Gasteiger partial charge in [0, 0.05) is 11.5 Å². The van der Waals surface area contributed by atoms with Crippen molar-refractivity contribution in [2.24, 2.45) is 5.92 Å². The van der Waals surface area contributed by atoms with E-state index in [9.17, 15) is 0 Å². The highest BCUT2D eigenvalue weighted by molar-refractivity contribution is 5.39. The summed E-state index contributed by atoms with van der Waals surface area (Å²) in [6.45, 7) is 7.33. The molecule has 0 aliphatic carbocycles. The fourth-order valence-electron chi connectivity index (χ4n) is 3.66. The zero-order valence-electron chi connectivity index (χ0n) is 14.9. The van der Waals surface area contributed by atoms with Crippen LogP contribution in [0.3, 0.4) is 0 Å². The average Bonchev–Trinajstić information content (AvgIpc) is 2.46. The average molecular weight is 314 g/mol. The number of hydrogen-bond donors (Lipinski definition) is 1. The second-order valence-corrected chi connectivity index (χ2v) is 7.84. The molecule has 0 saturated carbocycles. The minimum absolute atomic E-state index is 0.0645. The Bertz CT molecular complexity index is 641. The maximum Gasteiger partial charge on any atom is 0.139 e. The van der Waals surface area contributed by atoms with Crippen LogP contribution >= 0.6 is 0 Å². The van der Waals surface area contributed by atoms with E-state index in [0.29, 0.717) is 5.92 Å². The monoisotopic (exact) mass is 314 g/mol. The van der Waals surface area contributed by atoms with Crippen LogP contribution in [0.4, 0.5) is 0 Å². The van der Waals surface area contributed by atoms with Crippen molar-refractivity contribution < 1.29 is 14.4 Å². The highest BCUT2D eigenvalue weighted by Crippen LogP contribution is 2.52. The number of hydrogen-bond acceptors (Lipinski definition) is 2. The lowest BCUT2D eigenvalue weighted by Crippen LogP contribution is -3.05. The lowest BCUT2D eigenvalue weighted by Gasteiger charge is -2.50. The molecule has 1 N–H and O–H groups in total. The third kappa shape index (κ3) is 3.24. The molecule has 0 spiro atoms. The van der Waals surface area contributed by atoms with Gasteiger partial charge >= 0.3 is 0 Å². The number of para-hydroxylation sites is 1. The molecular weight excluding hydrogens is 286 g/mol. The SMILES string of the molecule is C[NH+](C)CC#C[C@@]1(C)CC[C@H]2[C@@H](O1)c1ccccc1OC2(C)C. The molecule has 0 bridgehead atoms. The number of nitrogens with one attached hydrogen (secondary N) is 1. The normalized spacial score (nSPS) is 31.4. The van der Waals surface area contributed by atoms with Crippen molar-refractivity contribution in [3.05, 3.63) is 29.8 Å². The van der Waals surface area contributed by atoms with Crippen LogP contribution in [0.5, 0.6) is 5.75 Å². The highest BCUT2D eigenvalue weighted by Gasteiger charge is 2.49. The van der Waals surface area contributed by atoms with Crippen LogP contribution in [-0.2, 0) is 4.74 Å². The van der Waals surface area contributed by atoms with Crippen LogP contribution in [0.1, 0.15) is 45.3 Å². The first-order chi connectivity index (χ1) is 10.8. The van der Waals surface area contributed by atoms with Crippen molar-refractivity contribution >= 4 is 0 Å². The number of fused-ring (bicyclic) bond motifs is 3. The topological polar surface area (TPSA) is 22.9 Å². The molecule has 2 heterocycles. The smallest absolute Gasteiger partial charge is 0.139 e. The highest BCUT2D eigenvalue weighted by atomic mass is 16.5. The van der Waals surface area contributed by atoms with E-state index < -0.39 is 0 Å². The van der Waals surface area contributed by atoms with Crippen molar-refractivity contribution in [3.63, 3.8) is 0 Å². The lowest BCUT2D eigenvalue weighted by molar-refractivity contribution is -0.850. The van der Waals surface area contributed by atoms with E-state index in [0.717, 1.165) is 25.1 Å². The van der Waals surface area contributed by atoms with Gasteiger partial charge in [0.1, 0.15) is 23.5 Å². The summed E-state index contributed by atoms with van der Waals surface area (Å²) in [6, 6.07) is 8.26. The number of ether oxygens (including phenoxy) is 2. The van der Waals surface area contributed by atoms with E-state index in [4.69, 9.17) is 9.47 Å². The third-order valence-electron chi connectivity index (χ3n) is 4.97. The van der Waals surface area contributed by atoms with E-state index in [-0.39, 0.29) is 17.3 Å². The lowest BCUT2D eigenvalue weighted by atomic mass is 9.73. The molecule has 1 fully saturated rings. The fourth-order valence-corrected chi connectivity index (χ4v) is 3.66. The molecule has 0 amide bonds. The summed E-state index contributed by atoms with van der Waals surface area (Å²) in [5.74, 6) is 8.00. The summed E-state index contributed by atoms with van der Waals surface area (Å²) < 4.78 is 12.8. The Kier molecular flexibility index (Phi) is 4.16. The molecule has 1 aromatic rings. The van der Waals surface area contributed by atoms with Gasteiger partial charge in [-0.1, -0.05) is 24.1 Å². The van der Waals surface area contributed by atoms with Gasteiger partial charge in [0.15, 0.2) is 0 Å². The van der Waals surface area contributed by atoms with Crippen LogP contribution in [0.25, 0.3) is 0 Å². The minimum Gasteiger partial charge on any atom is -0.487 e. The Morgan fingerprint density at radius 1 is 1.22 bits per heavy atom. The Morgan fingerprint density at radius 2 is 1.96 bits per heavy atom. The van der Waals surface area contributed by atoms with Gasteiger partial charge < -0.3 is 14.4 Å². The van der Waals surface area contributed by atoms with Gasteiger partial charge in [-0.15, -0.1) is 0 Å². The molecule has 0 radical (unpaired) electrons. The van der Waals surface area contributed by atoms with E-state index in [1.54, 1.807) is 0 Å². The summed E-state index contributed by atoms with van der Waals surface area (Å²) in [5.41, 5.74) is 0.599. The summed E-state index contributed by atoms with van der Waals surface area (Å²) >= 11 is 0. The van der Waals surface area contributed by atoms with Gasteiger partial charge in [-0.2, -0.15) is 0 Å². The van der Waals surface area contributed by atoms with Crippen molar-refractivity contribution in [2.45, 2.75) is 50.9 Å². The molecule has 23 heavy (non-hydrogen) atoms. The second kappa shape index (κ2) is 5.85. The molecule has 3 atom stereocenters. The first-order valence-corrected chi connectivity index (χ1v) is 8.56.